The monoisotopic (exact) mass is 358 g/mol. The fourth-order valence-corrected chi connectivity index (χ4v) is 4.11. The molecule has 1 saturated carbocycles. The number of anilines is 2. The average molecular weight is 358 g/mol. The van der Waals surface area contributed by atoms with Gasteiger partial charge in [-0.1, -0.05) is 19.8 Å². The predicted molar refractivity (Wildman–Crippen MR) is 96.2 cm³/mol. The van der Waals surface area contributed by atoms with Crippen molar-refractivity contribution in [3.05, 3.63) is 24.4 Å². The molecule has 0 radical (unpaired) electrons. The van der Waals surface area contributed by atoms with E-state index in [2.05, 4.69) is 14.9 Å². The summed E-state index contributed by atoms with van der Waals surface area (Å²) >= 11 is 0. The van der Waals surface area contributed by atoms with Crippen molar-refractivity contribution < 1.29 is 9.18 Å². The van der Waals surface area contributed by atoms with Gasteiger partial charge in [-0.05, 0) is 19.3 Å². The Morgan fingerprint density at radius 1 is 1.27 bits per heavy atom. The van der Waals surface area contributed by atoms with Crippen LogP contribution in [-0.4, -0.2) is 44.6 Å². The third kappa shape index (κ3) is 2.55. The maximum Gasteiger partial charge on any atom is 0.249 e. The number of halogens is 1. The molecule has 1 fully saturated rings. The van der Waals surface area contributed by atoms with Crippen molar-refractivity contribution in [1.82, 2.24) is 19.5 Å². The lowest BCUT2D eigenvalue weighted by Crippen LogP contribution is -2.55. The fourth-order valence-electron chi connectivity index (χ4n) is 4.11. The number of carbonyl (C=O) groups is 1. The second-order valence-corrected chi connectivity index (χ2v) is 6.89. The second kappa shape index (κ2) is 6.66. The largest absolute Gasteiger partial charge is 0.340 e. The zero-order valence-electron chi connectivity index (χ0n) is 15.1. The van der Waals surface area contributed by atoms with E-state index in [1.54, 1.807) is 28.9 Å². The molecule has 4 rings (SSSR count). The first-order chi connectivity index (χ1) is 12.7. The first kappa shape index (κ1) is 16.9. The molecule has 1 aliphatic carbocycles. The summed E-state index contributed by atoms with van der Waals surface area (Å²) in [6.07, 6.45) is 10.0. The summed E-state index contributed by atoms with van der Waals surface area (Å²) in [4.78, 5) is 29.8. The number of carbonyl (C=O) groups excluding carboxylic acids is 1. The molecule has 3 heterocycles. The van der Waals surface area contributed by atoms with E-state index in [1.807, 2.05) is 6.92 Å². The fraction of sp³-hybridized carbons (Fsp3) is 0.556. The lowest BCUT2D eigenvalue weighted by atomic mass is 10.0. The molecule has 0 bridgehead atoms. The molecule has 26 heavy (non-hydrogen) atoms. The predicted octanol–water partition coefficient (Wildman–Crippen LogP) is 2.64. The number of fused-ring (bicyclic) bond motifs is 1. The molecular formula is C18H23FN6O. The molecule has 7 nitrogen and oxygen atoms in total. The average Bonchev–Trinajstić information content (AvgIpc) is 3.35. The van der Waals surface area contributed by atoms with Gasteiger partial charge >= 0.3 is 0 Å². The number of alkyl halides is 1. The Balaban J connectivity index is 1.84. The lowest BCUT2D eigenvalue weighted by Gasteiger charge is -2.43. The van der Waals surface area contributed by atoms with Crippen LogP contribution in [-0.2, 0) is 11.5 Å². The van der Waals surface area contributed by atoms with Crippen LogP contribution in [0, 0.1) is 0 Å². The summed E-state index contributed by atoms with van der Waals surface area (Å²) in [7, 11) is 1.77. The molecule has 0 spiro atoms. The summed E-state index contributed by atoms with van der Waals surface area (Å²) < 4.78 is 14.8. The van der Waals surface area contributed by atoms with Crippen LogP contribution >= 0.6 is 0 Å². The van der Waals surface area contributed by atoms with Gasteiger partial charge in [-0.3, -0.25) is 9.36 Å². The van der Waals surface area contributed by atoms with E-state index < -0.39 is 6.67 Å². The van der Waals surface area contributed by atoms with E-state index in [1.165, 1.54) is 19.0 Å². The van der Waals surface area contributed by atoms with Gasteiger partial charge in [0.1, 0.15) is 24.2 Å². The lowest BCUT2D eigenvalue weighted by molar-refractivity contribution is -0.120. The van der Waals surface area contributed by atoms with Crippen LogP contribution in [0.5, 0.6) is 0 Å². The maximum absolute atomic E-state index is 13.2. The zero-order chi connectivity index (χ0) is 18.3. The molecular weight excluding hydrogens is 335 g/mol. The van der Waals surface area contributed by atoms with Gasteiger partial charge in [-0.15, -0.1) is 0 Å². The number of hydrogen-bond acceptors (Lipinski definition) is 5. The number of rotatable bonds is 4. The van der Waals surface area contributed by atoms with Gasteiger partial charge in [0.15, 0.2) is 5.82 Å². The Morgan fingerprint density at radius 2 is 2.04 bits per heavy atom. The minimum Gasteiger partial charge on any atom is -0.340 e. The Labute approximate surface area is 151 Å². The molecule has 1 amide bonds. The topological polar surface area (TPSA) is 67.2 Å². The zero-order valence-corrected chi connectivity index (χ0v) is 15.1. The van der Waals surface area contributed by atoms with Gasteiger partial charge in [0.2, 0.25) is 11.9 Å². The number of amides is 1. The summed E-state index contributed by atoms with van der Waals surface area (Å²) in [5.41, 5.74) is 0.706. The van der Waals surface area contributed by atoms with Crippen LogP contribution in [0.1, 0.15) is 44.9 Å². The standard InChI is InChI=1S/C18H23FN6O/c1-3-13-17(26)23(2)14-11-21-18(24-9-8-20-15(24)10-19)22-16(14)25(13)12-6-4-5-7-12/h8-9,11-13H,3-7,10H2,1-2H3/t13-/m1/s1. The van der Waals surface area contributed by atoms with Crippen LogP contribution < -0.4 is 9.80 Å². The normalized spacial score (nSPS) is 20.7. The van der Waals surface area contributed by atoms with Crippen molar-refractivity contribution in [2.24, 2.45) is 0 Å². The summed E-state index contributed by atoms with van der Waals surface area (Å²) in [5, 5.41) is 0. The molecule has 1 atom stereocenters. The summed E-state index contributed by atoms with van der Waals surface area (Å²) in [6, 6.07) is 0.0873. The minimum atomic E-state index is -0.685. The van der Waals surface area contributed by atoms with Gasteiger partial charge in [0.25, 0.3) is 0 Å². The van der Waals surface area contributed by atoms with Crippen LogP contribution in [0.4, 0.5) is 15.9 Å². The summed E-state index contributed by atoms with van der Waals surface area (Å²) in [6.45, 7) is 1.35. The Kier molecular flexibility index (Phi) is 4.34. The van der Waals surface area contributed by atoms with Gasteiger partial charge in [-0.2, -0.15) is 4.98 Å². The van der Waals surface area contributed by atoms with E-state index in [4.69, 9.17) is 4.98 Å². The number of nitrogens with zero attached hydrogens (tertiary/aromatic N) is 6. The smallest absolute Gasteiger partial charge is 0.249 e. The first-order valence-electron chi connectivity index (χ1n) is 9.17. The molecule has 2 aromatic rings. The van der Waals surface area contributed by atoms with Crippen molar-refractivity contribution in [3.8, 4) is 5.95 Å². The van der Waals surface area contributed by atoms with Gasteiger partial charge in [-0.25, -0.2) is 14.4 Å². The summed E-state index contributed by atoms with van der Waals surface area (Å²) in [5.74, 6) is 1.49. The van der Waals surface area contributed by atoms with E-state index in [0.717, 1.165) is 25.1 Å². The van der Waals surface area contributed by atoms with Gasteiger partial charge < -0.3 is 9.80 Å². The SMILES string of the molecule is CC[C@@H]1C(=O)N(C)c2cnc(-n3ccnc3CF)nc2N1C1CCCC1. The minimum absolute atomic E-state index is 0.0790. The highest BCUT2D eigenvalue weighted by molar-refractivity contribution is 6.04. The molecule has 8 heteroatoms. The van der Waals surface area contributed by atoms with Crippen LogP contribution in [0.15, 0.2) is 18.6 Å². The van der Waals surface area contributed by atoms with Crippen molar-refractivity contribution in [3.63, 3.8) is 0 Å². The van der Waals surface area contributed by atoms with Gasteiger partial charge in [0, 0.05) is 25.5 Å². The number of likely N-dealkylation sites (N-methyl/N-ethyl adjacent to an activating group) is 1. The van der Waals surface area contributed by atoms with Crippen LogP contribution in [0.2, 0.25) is 0 Å². The van der Waals surface area contributed by atoms with Crippen molar-refractivity contribution in [1.29, 1.82) is 0 Å². The molecule has 0 unspecified atom stereocenters. The van der Waals surface area contributed by atoms with Crippen molar-refractivity contribution in [2.75, 3.05) is 16.8 Å². The molecule has 2 aliphatic rings. The molecule has 138 valence electrons. The Bertz CT molecular complexity index is 816. The highest BCUT2D eigenvalue weighted by atomic mass is 19.1. The highest BCUT2D eigenvalue weighted by Gasteiger charge is 2.41. The molecule has 2 aromatic heterocycles. The number of hydrogen-bond donors (Lipinski definition) is 0. The molecule has 0 aromatic carbocycles. The number of aromatic nitrogens is 4. The molecule has 1 aliphatic heterocycles. The van der Waals surface area contributed by atoms with Crippen molar-refractivity contribution in [2.45, 2.75) is 57.8 Å². The first-order valence-corrected chi connectivity index (χ1v) is 9.17. The Hall–Kier alpha value is -2.51. The van der Waals surface area contributed by atoms with E-state index >= 15 is 0 Å². The van der Waals surface area contributed by atoms with E-state index in [-0.39, 0.29) is 17.8 Å². The third-order valence-electron chi connectivity index (χ3n) is 5.45. The van der Waals surface area contributed by atoms with Crippen molar-refractivity contribution >= 4 is 17.4 Å². The molecule has 0 saturated heterocycles. The van der Waals surface area contributed by atoms with E-state index in [0.29, 0.717) is 17.7 Å². The number of imidazole rings is 1. The van der Waals surface area contributed by atoms with Crippen LogP contribution in [0.25, 0.3) is 5.95 Å². The van der Waals surface area contributed by atoms with Crippen LogP contribution in [0.3, 0.4) is 0 Å². The third-order valence-corrected chi connectivity index (χ3v) is 5.45. The Morgan fingerprint density at radius 3 is 2.73 bits per heavy atom. The molecule has 0 N–H and O–H groups in total. The quantitative estimate of drug-likeness (QED) is 0.840. The second-order valence-electron chi connectivity index (χ2n) is 6.89. The highest BCUT2D eigenvalue weighted by Crippen LogP contribution is 2.39. The maximum atomic E-state index is 13.2. The van der Waals surface area contributed by atoms with E-state index in [9.17, 15) is 9.18 Å². The van der Waals surface area contributed by atoms with Gasteiger partial charge in [0.05, 0.1) is 6.20 Å².